The number of imidazole rings is 1. The Morgan fingerprint density at radius 2 is 2.08 bits per heavy atom. The van der Waals surface area contributed by atoms with Gasteiger partial charge in [-0.25, -0.2) is 4.98 Å². The van der Waals surface area contributed by atoms with Crippen LogP contribution in [0.25, 0.3) is 0 Å². The van der Waals surface area contributed by atoms with Gasteiger partial charge >= 0.3 is 0 Å². The van der Waals surface area contributed by atoms with E-state index in [0.717, 1.165) is 23.5 Å². The van der Waals surface area contributed by atoms with E-state index in [1.54, 1.807) is 16.0 Å². The van der Waals surface area contributed by atoms with Crippen molar-refractivity contribution >= 4 is 17.5 Å². The van der Waals surface area contributed by atoms with Crippen LogP contribution in [0.5, 0.6) is 0 Å². The van der Waals surface area contributed by atoms with E-state index in [-0.39, 0.29) is 24.4 Å². The molecule has 0 unspecified atom stereocenters. The van der Waals surface area contributed by atoms with Crippen molar-refractivity contribution < 1.29 is 9.59 Å². The van der Waals surface area contributed by atoms with E-state index in [4.69, 9.17) is 0 Å². The number of aromatic nitrogens is 2. The fraction of sp³-hybridized carbons (Fsp3) is 0.450. The van der Waals surface area contributed by atoms with Crippen molar-refractivity contribution in [3.8, 4) is 0 Å². The highest BCUT2D eigenvalue weighted by atomic mass is 16.2. The second-order valence-electron chi connectivity index (χ2n) is 6.80. The normalized spacial score (nSPS) is 17.7. The van der Waals surface area contributed by atoms with Gasteiger partial charge in [0.1, 0.15) is 12.4 Å². The number of amides is 2. The average molecular weight is 354 g/mol. The second-order valence-corrected chi connectivity index (χ2v) is 6.80. The summed E-state index contributed by atoms with van der Waals surface area (Å²) < 4.78 is 2.01. The highest BCUT2D eigenvalue weighted by Gasteiger charge is 2.33. The van der Waals surface area contributed by atoms with Gasteiger partial charge in [0.25, 0.3) is 0 Å². The van der Waals surface area contributed by atoms with E-state index in [2.05, 4.69) is 4.98 Å². The maximum atomic E-state index is 12.7. The van der Waals surface area contributed by atoms with Crippen molar-refractivity contribution in [3.05, 3.63) is 48.0 Å². The molecule has 26 heavy (non-hydrogen) atoms. The van der Waals surface area contributed by atoms with E-state index >= 15 is 0 Å². The lowest BCUT2D eigenvalue weighted by Gasteiger charge is -2.40. The molecule has 0 N–H and O–H groups in total. The van der Waals surface area contributed by atoms with Gasteiger partial charge < -0.3 is 14.4 Å². The molecule has 3 rings (SSSR count). The van der Waals surface area contributed by atoms with Gasteiger partial charge in [-0.2, -0.15) is 0 Å². The number of benzene rings is 1. The van der Waals surface area contributed by atoms with Crippen molar-refractivity contribution in [1.82, 2.24) is 14.5 Å². The summed E-state index contributed by atoms with van der Waals surface area (Å²) in [4.78, 5) is 33.1. The van der Waals surface area contributed by atoms with Crippen LogP contribution in [-0.4, -0.2) is 45.4 Å². The molecule has 0 aliphatic carbocycles. The summed E-state index contributed by atoms with van der Waals surface area (Å²) in [6.45, 7) is 7.32. The molecule has 2 heterocycles. The minimum Gasteiger partial charge on any atom is -0.334 e. The number of rotatable bonds is 5. The molecule has 6 heteroatoms. The molecule has 0 saturated carbocycles. The van der Waals surface area contributed by atoms with Gasteiger partial charge in [0, 0.05) is 50.1 Å². The third-order valence-corrected chi connectivity index (χ3v) is 5.00. The SMILES string of the molecule is CCc1nccn1CCC(=O)N1CC(=O)N(c2ccccc2C)C[C@@H]1C. The zero-order valence-corrected chi connectivity index (χ0v) is 15.7. The Bertz CT molecular complexity index is 799. The van der Waals surface area contributed by atoms with Gasteiger partial charge in [0.2, 0.25) is 11.8 Å². The summed E-state index contributed by atoms with van der Waals surface area (Å²) >= 11 is 0. The van der Waals surface area contributed by atoms with Gasteiger partial charge in [-0.05, 0) is 25.5 Å². The second kappa shape index (κ2) is 7.72. The predicted octanol–water partition coefficient (Wildman–Crippen LogP) is 2.41. The number of hydrogen-bond donors (Lipinski definition) is 0. The number of anilines is 1. The zero-order valence-electron chi connectivity index (χ0n) is 15.7. The molecular formula is C20H26N4O2. The zero-order chi connectivity index (χ0) is 18.7. The molecule has 2 aromatic rings. The van der Waals surface area contributed by atoms with Crippen LogP contribution in [0, 0.1) is 6.92 Å². The first-order chi connectivity index (χ1) is 12.5. The van der Waals surface area contributed by atoms with Gasteiger partial charge in [-0.15, -0.1) is 0 Å². The Morgan fingerprint density at radius 1 is 1.31 bits per heavy atom. The molecule has 0 radical (unpaired) electrons. The van der Waals surface area contributed by atoms with Gasteiger partial charge in [0.05, 0.1) is 0 Å². The van der Waals surface area contributed by atoms with E-state index in [0.29, 0.717) is 19.5 Å². The molecule has 1 aliphatic heterocycles. The lowest BCUT2D eigenvalue weighted by molar-refractivity contribution is -0.139. The van der Waals surface area contributed by atoms with E-state index in [1.165, 1.54) is 0 Å². The molecule has 0 bridgehead atoms. The summed E-state index contributed by atoms with van der Waals surface area (Å²) in [5.41, 5.74) is 2.00. The van der Waals surface area contributed by atoms with Crippen LogP contribution >= 0.6 is 0 Å². The molecule has 1 aromatic carbocycles. The summed E-state index contributed by atoms with van der Waals surface area (Å²) in [6, 6.07) is 7.86. The fourth-order valence-electron chi connectivity index (χ4n) is 3.50. The number of para-hydroxylation sites is 1. The van der Waals surface area contributed by atoms with Crippen LogP contribution in [0.15, 0.2) is 36.7 Å². The minimum absolute atomic E-state index is 0.00626. The minimum atomic E-state index is -0.0253. The van der Waals surface area contributed by atoms with Crippen LogP contribution in [0.3, 0.4) is 0 Å². The van der Waals surface area contributed by atoms with Crippen molar-refractivity contribution in [1.29, 1.82) is 0 Å². The number of aryl methyl sites for hydroxylation is 3. The van der Waals surface area contributed by atoms with Gasteiger partial charge in [0.15, 0.2) is 0 Å². The highest BCUT2D eigenvalue weighted by molar-refractivity contribution is 5.98. The van der Waals surface area contributed by atoms with Crippen molar-refractivity contribution in [3.63, 3.8) is 0 Å². The maximum Gasteiger partial charge on any atom is 0.246 e. The third-order valence-electron chi connectivity index (χ3n) is 5.00. The van der Waals surface area contributed by atoms with Crippen molar-refractivity contribution in [2.24, 2.45) is 0 Å². The smallest absolute Gasteiger partial charge is 0.246 e. The molecule has 1 saturated heterocycles. The first kappa shape index (κ1) is 18.2. The summed E-state index contributed by atoms with van der Waals surface area (Å²) in [7, 11) is 0. The number of piperazine rings is 1. The van der Waals surface area contributed by atoms with Gasteiger partial charge in [-0.3, -0.25) is 9.59 Å². The summed E-state index contributed by atoms with van der Waals surface area (Å²) in [6.07, 6.45) is 4.88. The Morgan fingerprint density at radius 3 is 2.81 bits per heavy atom. The molecule has 0 spiro atoms. The van der Waals surface area contributed by atoms with Gasteiger partial charge in [-0.1, -0.05) is 25.1 Å². The molecular weight excluding hydrogens is 328 g/mol. The van der Waals surface area contributed by atoms with Crippen LogP contribution in [-0.2, 0) is 22.6 Å². The monoisotopic (exact) mass is 354 g/mol. The maximum absolute atomic E-state index is 12.7. The molecule has 1 atom stereocenters. The lowest BCUT2D eigenvalue weighted by atomic mass is 10.1. The Hall–Kier alpha value is -2.63. The van der Waals surface area contributed by atoms with E-state index in [9.17, 15) is 9.59 Å². The summed E-state index contributed by atoms with van der Waals surface area (Å²) in [5, 5.41) is 0. The van der Waals surface area contributed by atoms with Crippen molar-refractivity contribution in [2.45, 2.75) is 46.2 Å². The third kappa shape index (κ3) is 3.64. The topological polar surface area (TPSA) is 58.4 Å². The number of nitrogens with zero attached hydrogens (tertiary/aromatic N) is 4. The molecule has 138 valence electrons. The van der Waals surface area contributed by atoms with E-state index < -0.39 is 0 Å². The highest BCUT2D eigenvalue weighted by Crippen LogP contribution is 2.24. The van der Waals surface area contributed by atoms with Crippen LogP contribution < -0.4 is 4.90 Å². The first-order valence-corrected chi connectivity index (χ1v) is 9.16. The quantitative estimate of drug-likeness (QED) is 0.828. The Balaban J connectivity index is 1.65. The standard InChI is InChI=1S/C20H26N4O2/c1-4-18-21-10-12-22(18)11-9-19(25)23-14-20(26)24(13-16(23)3)17-8-6-5-7-15(17)2/h5-8,10,12,16H,4,9,11,13-14H2,1-3H3/t16-/m0/s1. The van der Waals surface area contributed by atoms with Crippen LogP contribution in [0.2, 0.25) is 0 Å². The molecule has 2 amide bonds. The molecule has 1 aliphatic rings. The predicted molar refractivity (Wildman–Crippen MR) is 101 cm³/mol. The van der Waals surface area contributed by atoms with E-state index in [1.807, 2.05) is 55.8 Å². The number of hydrogen-bond acceptors (Lipinski definition) is 3. The van der Waals surface area contributed by atoms with Crippen molar-refractivity contribution in [2.75, 3.05) is 18.0 Å². The number of carbonyl (C=O) groups excluding carboxylic acids is 2. The molecule has 1 aromatic heterocycles. The molecule has 1 fully saturated rings. The lowest BCUT2D eigenvalue weighted by Crippen LogP contribution is -2.57. The Labute approximate surface area is 154 Å². The largest absolute Gasteiger partial charge is 0.334 e. The number of carbonyl (C=O) groups is 2. The fourth-order valence-corrected chi connectivity index (χ4v) is 3.50. The molecule has 6 nitrogen and oxygen atoms in total. The summed E-state index contributed by atoms with van der Waals surface area (Å²) in [5.74, 6) is 0.972. The average Bonchev–Trinajstić information content (AvgIpc) is 3.09. The van der Waals surface area contributed by atoms with Crippen LogP contribution in [0.1, 0.15) is 31.7 Å². The van der Waals surface area contributed by atoms with Crippen LogP contribution in [0.4, 0.5) is 5.69 Å². The Kier molecular flexibility index (Phi) is 5.40. The first-order valence-electron chi connectivity index (χ1n) is 9.16.